The van der Waals surface area contributed by atoms with Crippen LogP contribution in [0.3, 0.4) is 0 Å². The summed E-state index contributed by atoms with van der Waals surface area (Å²) >= 11 is 0. The van der Waals surface area contributed by atoms with Gasteiger partial charge in [0.25, 0.3) is 0 Å². The van der Waals surface area contributed by atoms with Crippen molar-refractivity contribution in [2.24, 2.45) is 0 Å². The van der Waals surface area contributed by atoms with Crippen LogP contribution in [0.2, 0.25) is 0 Å². The first-order valence-corrected chi connectivity index (χ1v) is 13.4. The quantitative estimate of drug-likeness (QED) is 0.294. The Morgan fingerprint density at radius 2 is 1.83 bits per heavy atom. The number of carboxylic acids is 1. The molecule has 0 bridgehead atoms. The van der Waals surface area contributed by atoms with Crippen LogP contribution in [0.4, 0.5) is 5.69 Å². The van der Waals surface area contributed by atoms with Crippen LogP contribution in [0, 0.1) is 0 Å². The summed E-state index contributed by atoms with van der Waals surface area (Å²) in [4.78, 5) is 41.2. The van der Waals surface area contributed by atoms with Gasteiger partial charge in [-0.3, -0.25) is 24.6 Å². The second-order valence-electron chi connectivity index (χ2n) is 9.58. The zero-order chi connectivity index (χ0) is 25.8. The summed E-state index contributed by atoms with van der Waals surface area (Å²) in [5, 5.41) is 12.5. The van der Waals surface area contributed by atoms with Crippen molar-refractivity contribution >= 4 is 23.5 Å². The van der Waals surface area contributed by atoms with Crippen molar-refractivity contribution in [2.75, 3.05) is 44.3 Å². The minimum absolute atomic E-state index is 0.00162. The summed E-state index contributed by atoms with van der Waals surface area (Å²) < 4.78 is 11.1. The largest absolute Gasteiger partial charge is 0.489 e. The Kier molecular flexibility index (Phi) is 11.5. The average Bonchev–Trinajstić information content (AvgIpc) is 3.00. The highest BCUT2D eigenvalue weighted by Crippen LogP contribution is 2.31. The van der Waals surface area contributed by atoms with E-state index in [9.17, 15) is 19.5 Å². The molecule has 2 atom stereocenters. The van der Waals surface area contributed by atoms with E-state index in [4.69, 9.17) is 9.47 Å². The fourth-order valence-corrected chi connectivity index (χ4v) is 4.92. The van der Waals surface area contributed by atoms with Crippen molar-refractivity contribution in [1.29, 1.82) is 0 Å². The fourth-order valence-electron chi connectivity index (χ4n) is 4.92. The lowest BCUT2D eigenvalue weighted by Gasteiger charge is -2.26. The second kappa shape index (κ2) is 14.8. The summed E-state index contributed by atoms with van der Waals surface area (Å²) in [6.45, 7) is 5.14. The number of fused-ring (bicyclic) bond motifs is 1. The number of hydrogen-bond acceptors (Lipinski definition) is 7. The molecule has 0 radical (unpaired) electrons. The highest BCUT2D eigenvalue weighted by molar-refractivity contribution is 6.02. The van der Waals surface area contributed by atoms with Crippen LogP contribution in [0.15, 0.2) is 24.3 Å². The molecule has 3 rings (SSSR count). The van der Waals surface area contributed by atoms with Crippen LogP contribution in [0.25, 0.3) is 0 Å². The number of carbonyl (C=O) groups excluding carboxylic acids is 2. The Bertz CT molecular complexity index is 858. The smallest absolute Gasteiger partial charge is 0.323 e. The number of nitrogens with zero attached hydrogens (tertiary/aromatic N) is 2. The van der Waals surface area contributed by atoms with Gasteiger partial charge >= 0.3 is 11.9 Å². The van der Waals surface area contributed by atoms with Crippen molar-refractivity contribution in [2.45, 2.75) is 76.8 Å². The lowest BCUT2D eigenvalue weighted by atomic mass is 10.0. The highest BCUT2D eigenvalue weighted by Gasteiger charge is 2.35. The normalized spacial score (nSPS) is 19.2. The summed E-state index contributed by atoms with van der Waals surface area (Å²) in [6, 6.07) is 5.33. The molecule has 0 aliphatic carbocycles. The van der Waals surface area contributed by atoms with Crippen LogP contribution in [0.1, 0.15) is 64.7 Å². The lowest BCUT2D eigenvalue weighted by molar-refractivity contribution is -0.146. The fraction of sp³-hybridized carbons (Fsp3) is 0.667. The molecule has 2 aliphatic heterocycles. The van der Waals surface area contributed by atoms with E-state index in [1.807, 2.05) is 0 Å². The number of piperidine rings is 1. The third-order valence-corrected chi connectivity index (χ3v) is 6.81. The van der Waals surface area contributed by atoms with E-state index in [1.165, 1.54) is 56.6 Å². The number of unbranched alkanes of at least 4 members (excludes halogenated alkanes) is 4. The molecular weight excluding hydrogens is 462 g/mol. The van der Waals surface area contributed by atoms with E-state index < -0.39 is 36.5 Å². The highest BCUT2D eigenvalue weighted by atomic mass is 16.5. The molecule has 2 N–H and O–H groups in total. The molecule has 1 saturated heterocycles. The van der Waals surface area contributed by atoms with Crippen molar-refractivity contribution in [3.8, 4) is 5.75 Å². The maximum absolute atomic E-state index is 13.3. The molecule has 1 amide bonds. The van der Waals surface area contributed by atoms with Crippen LogP contribution in [0.5, 0.6) is 5.75 Å². The van der Waals surface area contributed by atoms with Gasteiger partial charge in [-0.1, -0.05) is 44.2 Å². The molecule has 0 aromatic heterocycles. The predicted molar refractivity (Wildman–Crippen MR) is 137 cm³/mol. The van der Waals surface area contributed by atoms with Crippen LogP contribution in [-0.2, 0) is 19.1 Å². The van der Waals surface area contributed by atoms with Gasteiger partial charge in [0.2, 0.25) is 5.91 Å². The monoisotopic (exact) mass is 503 g/mol. The third kappa shape index (κ3) is 8.48. The molecule has 36 heavy (non-hydrogen) atoms. The number of benzene rings is 1. The van der Waals surface area contributed by atoms with Gasteiger partial charge in [0.05, 0.1) is 12.3 Å². The van der Waals surface area contributed by atoms with E-state index in [0.29, 0.717) is 17.9 Å². The zero-order valence-electron chi connectivity index (χ0n) is 21.5. The minimum Gasteiger partial charge on any atom is -0.489 e. The number of likely N-dealkylation sites (tertiary alicyclic amines) is 1. The average molecular weight is 504 g/mol. The summed E-state index contributed by atoms with van der Waals surface area (Å²) in [7, 11) is 0. The number of ether oxygens (including phenoxy) is 2. The van der Waals surface area contributed by atoms with Crippen LogP contribution in [-0.4, -0.2) is 79.3 Å². The first-order valence-electron chi connectivity index (χ1n) is 13.4. The Morgan fingerprint density at radius 1 is 1.11 bits per heavy atom. The van der Waals surface area contributed by atoms with Gasteiger partial charge in [0, 0.05) is 0 Å². The first kappa shape index (κ1) is 27.9. The summed E-state index contributed by atoms with van der Waals surface area (Å²) in [6.07, 6.45) is 9.85. The van der Waals surface area contributed by atoms with Gasteiger partial charge in [-0.05, 0) is 64.4 Å². The summed E-state index contributed by atoms with van der Waals surface area (Å²) in [5.74, 6) is -1.52. The van der Waals surface area contributed by atoms with Gasteiger partial charge in [-0.25, -0.2) is 0 Å². The number of nitrogens with one attached hydrogen (secondary N) is 1. The van der Waals surface area contributed by atoms with E-state index >= 15 is 0 Å². The number of hydrogen-bond donors (Lipinski definition) is 2. The molecule has 0 saturated carbocycles. The van der Waals surface area contributed by atoms with Gasteiger partial charge in [-0.2, -0.15) is 0 Å². The van der Waals surface area contributed by atoms with Crippen molar-refractivity contribution in [3.05, 3.63) is 24.3 Å². The number of para-hydroxylation sites is 2. The van der Waals surface area contributed by atoms with Crippen LogP contribution >= 0.6 is 0 Å². The minimum atomic E-state index is -1.12. The maximum Gasteiger partial charge on any atom is 0.323 e. The SMILES string of the molecule is CCOC(=O)C(CCCCCCCN1CCCCC1)N[C@H]1COc2ccccc2N(CC(=O)O)C1=O. The molecule has 1 fully saturated rings. The number of amides is 1. The van der Waals surface area contributed by atoms with Gasteiger partial charge < -0.3 is 19.5 Å². The summed E-state index contributed by atoms with van der Waals surface area (Å²) in [5.41, 5.74) is 0.409. The molecular formula is C27H41N3O6. The van der Waals surface area contributed by atoms with E-state index in [0.717, 1.165) is 19.3 Å². The van der Waals surface area contributed by atoms with E-state index in [1.54, 1.807) is 31.2 Å². The number of anilines is 1. The topological polar surface area (TPSA) is 108 Å². The number of rotatable bonds is 14. The molecule has 1 aromatic carbocycles. The first-order chi connectivity index (χ1) is 17.5. The second-order valence-corrected chi connectivity index (χ2v) is 9.58. The van der Waals surface area contributed by atoms with E-state index in [-0.39, 0.29) is 13.2 Å². The lowest BCUT2D eigenvalue weighted by Crippen LogP contribution is -2.54. The van der Waals surface area contributed by atoms with Crippen molar-refractivity contribution < 1.29 is 29.0 Å². The molecule has 2 heterocycles. The Hall–Kier alpha value is -2.65. The Morgan fingerprint density at radius 3 is 2.58 bits per heavy atom. The zero-order valence-corrected chi connectivity index (χ0v) is 21.5. The third-order valence-electron chi connectivity index (χ3n) is 6.81. The van der Waals surface area contributed by atoms with Crippen molar-refractivity contribution in [3.63, 3.8) is 0 Å². The maximum atomic E-state index is 13.3. The molecule has 200 valence electrons. The van der Waals surface area contributed by atoms with Gasteiger partial charge in [-0.15, -0.1) is 0 Å². The predicted octanol–water partition coefficient (Wildman–Crippen LogP) is 3.21. The Balaban J connectivity index is 1.52. The van der Waals surface area contributed by atoms with E-state index in [2.05, 4.69) is 10.2 Å². The molecule has 0 spiro atoms. The van der Waals surface area contributed by atoms with Gasteiger partial charge in [0.1, 0.15) is 31.0 Å². The van der Waals surface area contributed by atoms with Gasteiger partial charge in [0.15, 0.2) is 0 Å². The molecule has 9 nitrogen and oxygen atoms in total. The number of esters is 1. The number of carboxylic acid groups (broad SMARTS) is 1. The van der Waals surface area contributed by atoms with Crippen molar-refractivity contribution in [1.82, 2.24) is 10.2 Å². The number of carbonyl (C=O) groups is 3. The standard InChI is InChI=1S/C27H41N3O6/c1-2-35-27(34)21(13-7-4-3-5-10-16-29-17-11-6-12-18-29)28-22-20-36-24-15-9-8-14-23(24)30(26(22)33)19-25(31)32/h8-9,14-15,21-22,28H,2-7,10-13,16-20H2,1H3,(H,31,32)/t21?,22-/m0/s1. The molecule has 9 heteroatoms. The molecule has 1 unspecified atom stereocenters. The van der Waals surface area contributed by atoms with Crippen LogP contribution < -0.4 is 15.0 Å². The molecule has 2 aliphatic rings. The molecule has 1 aromatic rings. The number of aliphatic carboxylic acids is 1. The Labute approximate surface area is 214 Å².